The molecule has 6 heteroatoms. The molecule has 2 heterocycles. The van der Waals surface area contributed by atoms with Crippen LogP contribution in [0.4, 0.5) is 10.5 Å². The maximum atomic E-state index is 13.0. The van der Waals surface area contributed by atoms with E-state index in [1.807, 2.05) is 30.3 Å². The van der Waals surface area contributed by atoms with Crippen LogP contribution in [0.1, 0.15) is 28.7 Å². The number of rotatable bonds is 3. The largest absolute Gasteiger partial charge is 0.448 e. The van der Waals surface area contributed by atoms with Gasteiger partial charge in [-0.15, -0.1) is 0 Å². The van der Waals surface area contributed by atoms with Crippen molar-refractivity contribution in [2.75, 3.05) is 32.1 Å². The minimum absolute atomic E-state index is 0.0369. The standard InChI is InChI=1S/C24H23N3O3/c25-17-11-16(12-26-13-17)23-15-29-10-9-27(23)24(28)30-14-22-20-7-3-1-5-18(20)19-6-2-4-8-21(19)22/h1-8,11-13,22-23H,9-10,14-15,25H2. The summed E-state index contributed by atoms with van der Waals surface area (Å²) < 4.78 is 11.5. The highest BCUT2D eigenvalue weighted by atomic mass is 16.6. The van der Waals surface area contributed by atoms with Gasteiger partial charge in [-0.1, -0.05) is 48.5 Å². The van der Waals surface area contributed by atoms with Gasteiger partial charge >= 0.3 is 6.09 Å². The van der Waals surface area contributed by atoms with Gasteiger partial charge in [0, 0.05) is 24.9 Å². The lowest BCUT2D eigenvalue weighted by molar-refractivity contribution is -0.0104. The van der Waals surface area contributed by atoms with Gasteiger partial charge < -0.3 is 15.2 Å². The summed E-state index contributed by atoms with van der Waals surface area (Å²) in [6.45, 7) is 1.65. The number of nitrogens with zero attached hydrogens (tertiary/aromatic N) is 2. The summed E-state index contributed by atoms with van der Waals surface area (Å²) in [5.41, 5.74) is 12.1. The first-order valence-electron chi connectivity index (χ1n) is 10.1. The van der Waals surface area contributed by atoms with E-state index >= 15 is 0 Å². The number of morpholine rings is 1. The van der Waals surface area contributed by atoms with E-state index in [1.165, 1.54) is 22.3 Å². The SMILES string of the molecule is Nc1cncc(C2COCCN2C(=O)OCC2c3ccccc3-c3ccccc32)c1. The fourth-order valence-electron chi connectivity index (χ4n) is 4.43. The molecule has 1 aliphatic carbocycles. The van der Waals surface area contributed by atoms with E-state index in [-0.39, 0.29) is 18.1 Å². The van der Waals surface area contributed by atoms with Crippen LogP contribution in [0.15, 0.2) is 67.0 Å². The molecule has 6 nitrogen and oxygen atoms in total. The maximum absolute atomic E-state index is 13.0. The molecule has 1 aliphatic heterocycles. The van der Waals surface area contributed by atoms with Crippen LogP contribution in [0.25, 0.3) is 11.1 Å². The summed E-state index contributed by atoms with van der Waals surface area (Å²) in [5.74, 6) is 0.0369. The Kier molecular flexibility index (Phi) is 4.85. The lowest BCUT2D eigenvalue weighted by Gasteiger charge is -2.35. The molecule has 1 aromatic heterocycles. The van der Waals surface area contributed by atoms with Gasteiger partial charge in [0.05, 0.1) is 24.9 Å². The van der Waals surface area contributed by atoms with E-state index in [9.17, 15) is 4.79 Å². The summed E-state index contributed by atoms with van der Waals surface area (Å²) in [5, 5.41) is 0. The summed E-state index contributed by atoms with van der Waals surface area (Å²) in [7, 11) is 0. The van der Waals surface area contributed by atoms with Crippen molar-refractivity contribution in [1.82, 2.24) is 9.88 Å². The van der Waals surface area contributed by atoms with Crippen LogP contribution in [0.2, 0.25) is 0 Å². The molecule has 0 bridgehead atoms. The predicted molar refractivity (Wildman–Crippen MR) is 114 cm³/mol. The maximum Gasteiger partial charge on any atom is 0.410 e. The fraction of sp³-hybridized carbons (Fsp3) is 0.250. The molecule has 30 heavy (non-hydrogen) atoms. The molecule has 0 saturated carbocycles. The van der Waals surface area contributed by atoms with E-state index in [2.05, 4.69) is 29.2 Å². The summed E-state index contributed by atoms with van der Waals surface area (Å²) in [4.78, 5) is 18.9. The van der Waals surface area contributed by atoms with Gasteiger partial charge in [-0.05, 0) is 33.9 Å². The van der Waals surface area contributed by atoms with Gasteiger partial charge in [-0.2, -0.15) is 0 Å². The Bertz CT molecular complexity index is 1040. The summed E-state index contributed by atoms with van der Waals surface area (Å²) in [6.07, 6.45) is 2.97. The zero-order valence-electron chi connectivity index (χ0n) is 16.5. The van der Waals surface area contributed by atoms with Crippen LogP contribution in [0.5, 0.6) is 0 Å². The third-order valence-corrected chi connectivity index (χ3v) is 5.86. The molecular weight excluding hydrogens is 378 g/mol. The molecule has 2 N–H and O–H groups in total. The van der Waals surface area contributed by atoms with Crippen LogP contribution >= 0.6 is 0 Å². The molecule has 1 atom stereocenters. The third kappa shape index (κ3) is 3.29. The van der Waals surface area contributed by atoms with Crippen molar-refractivity contribution in [1.29, 1.82) is 0 Å². The Morgan fingerprint density at radius 3 is 2.50 bits per heavy atom. The van der Waals surface area contributed by atoms with Crippen molar-refractivity contribution in [3.63, 3.8) is 0 Å². The average Bonchev–Trinajstić information content (AvgIpc) is 3.11. The number of nitrogen functional groups attached to an aromatic ring is 1. The first-order chi connectivity index (χ1) is 14.7. The van der Waals surface area contributed by atoms with Crippen LogP contribution < -0.4 is 5.73 Å². The van der Waals surface area contributed by atoms with E-state index in [0.29, 0.717) is 32.1 Å². The smallest absolute Gasteiger partial charge is 0.410 e. The van der Waals surface area contributed by atoms with Crippen molar-refractivity contribution in [2.24, 2.45) is 0 Å². The van der Waals surface area contributed by atoms with E-state index in [0.717, 1.165) is 5.56 Å². The zero-order chi connectivity index (χ0) is 20.5. The van der Waals surface area contributed by atoms with E-state index in [1.54, 1.807) is 17.3 Å². The zero-order valence-corrected chi connectivity index (χ0v) is 16.5. The Labute approximate surface area is 175 Å². The van der Waals surface area contributed by atoms with Crippen molar-refractivity contribution < 1.29 is 14.3 Å². The Morgan fingerprint density at radius 1 is 1.10 bits per heavy atom. The number of aromatic nitrogens is 1. The number of hydrogen-bond acceptors (Lipinski definition) is 5. The molecular formula is C24H23N3O3. The monoisotopic (exact) mass is 401 g/mol. The molecule has 1 unspecified atom stereocenters. The average molecular weight is 401 g/mol. The highest BCUT2D eigenvalue weighted by molar-refractivity contribution is 5.79. The first-order valence-corrected chi connectivity index (χ1v) is 10.1. The van der Waals surface area contributed by atoms with Gasteiger partial charge in [-0.3, -0.25) is 9.88 Å². The second kappa shape index (κ2) is 7.80. The number of pyridine rings is 1. The quantitative estimate of drug-likeness (QED) is 0.718. The normalized spacial score (nSPS) is 18.0. The van der Waals surface area contributed by atoms with Crippen molar-refractivity contribution in [3.8, 4) is 11.1 Å². The number of hydrogen-bond donors (Lipinski definition) is 1. The Morgan fingerprint density at radius 2 is 1.80 bits per heavy atom. The number of anilines is 1. The lowest BCUT2D eigenvalue weighted by atomic mass is 9.98. The third-order valence-electron chi connectivity index (χ3n) is 5.86. The van der Waals surface area contributed by atoms with E-state index < -0.39 is 0 Å². The second-order valence-corrected chi connectivity index (χ2v) is 7.64. The molecule has 152 valence electrons. The molecule has 5 rings (SSSR count). The van der Waals surface area contributed by atoms with Gasteiger partial charge in [-0.25, -0.2) is 4.79 Å². The summed E-state index contributed by atoms with van der Waals surface area (Å²) >= 11 is 0. The second-order valence-electron chi connectivity index (χ2n) is 7.64. The number of carbonyl (C=O) groups excluding carboxylic acids is 1. The van der Waals surface area contributed by atoms with Crippen molar-refractivity contribution in [3.05, 3.63) is 83.7 Å². The fourth-order valence-corrected chi connectivity index (χ4v) is 4.43. The number of amides is 1. The molecule has 3 aromatic rings. The van der Waals surface area contributed by atoms with Crippen LogP contribution in [0, 0.1) is 0 Å². The minimum Gasteiger partial charge on any atom is -0.448 e. The molecule has 0 spiro atoms. The lowest BCUT2D eigenvalue weighted by Crippen LogP contribution is -2.44. The topological polar surface area (TPSA) is 77.7 Å². The number of fused-ring (bicyclic) bond motifs is 3. The predicted octanol–water partition coefficient (Wildman–Crippen LogP) is 3.99. The molecule has 0 radical (unpaired) electrons. The van der Waals surface area contributed by atoms with Gasteiger partial charge in [0.2, 0.25) is 0 Å². The van der Waals surface area contributed by atoms with Gasteiger partial charge in [0.15, 0.2) is 0 Å². The summed E-state index contributed by atoms with van der Waals surface area (Å²) in [6, 6.07) is 18.2. The molecule has 2 aromatic carbocycles. The molecule has 2 aliphatic rings. The number of carbonyl (C=O) groups is 1. The van der Waals surface area contributed by atoms with E-state index in [4.69, 9.17) is 15.2 Å². The first kappa shape index (κ1) is 18.6. The number of ether oxygens (including phenoxy) is 2. The van der Waals surface area contributed by atoms with Crippen LogP contribution in [-0.2, 0) is 9.47 Å². The number of benzene rings is 2. The Balaban J connectivity index is 1.35. The molecule has 1 fully saturated rings. The highest BCUT2D eigenvalue weighted by Gasteiger charge is 2.33. The highest BCUT2D eigenvalue weighted by Crippen LogP contribution is 2.44. The molecule has 1 amide bonds. The number of nitrogens with two attached hydrogens (primary N) is 1. The Hall–Kier alpha value is -3.38. The van der Waals surface area contributed by atoms with Crippen LogP contribution in [0.3, 0.4) is 0 Å². The van der Waals surface area contributed by atoms with Gasteiger partial charge in [0.25, 0.3) is 0 Å². The van der Waals surface area contributed by atoms with Crippen LogP contribution in [-0.4, -0.2) is 42.3 Å². The van der Waals surface area contributed by atoms with Gasteiger partial charge in [0.1, 0.15) is 6.61 Å². The minimum atomic E-state index is -0.340. The van der Waals surface area contributed by atoms with Crippen molar-refractivity contribution in [2.45, 2.75) is 12.0 Å². The molecule has 1 saturated heterocycles. The van der Waals surface area contributed by atoms with Crippen molar-refractivity contribution >= 4 is 11.8 Å².